The van der Waals surface area contributed by atoms with Gasteiger partial charge >= 0.3 is 0 Å². The van der Waals surface area contributed by atoms with Crippen LogP contribution in [-0.4, -0.2) is 20.8 Å². The molecule has 0 amide bonds. The maximum Gasteiger partial charge on any atom is 0.233 e. The van der Waals surface area contributed by atoms with Gasteiger partial charge in [0.2, 0.25) is 9.05 Å². The van der Waals surface area contributed by atoms with Crippen LogP contribution in [0, 0.1) is 23.5 Å². The molecule has 0 heterocycles. The summed E-state index contributed by atoms with van der Waals surface area (Å²) >= 11 is 0. The van der Waals surface area contributed by atoms with Crippen molar-refractivity contribution in [2.45, 2.75) is 13.8 Å². The van der Waals surface area contributed by atoms with Crippen molar-refractivity contribution in [3.05, 3.63) is 29.8 Å². The van der Waals surface area contributed by atoms with Gasteiger partial charge in [0.05, 0.1) is 12.4 Å². The van der Waals surface area contributed by atoms with Crippen LogP contribution in [0.25, 0.3) is 0 Å². The van der Waals surface area contributed by atoms with Crippen molar-refractivity contribution in [1.29, 1.82) is 0 Å². The van der Waals surface area contributed by atoms with Gasteiger partial charge in [-0.25, -0.2) is 17.2 Å². The Morgan fingerprint density at radius 2 is 1.74 bits per heavy atom. The highest BCUT2D eigenvalue weighted by Gasteiger charge is 2.21. The number of benzene rings is 1. The summed E-state index contributed by atoms with van der Waals surface area (Å²) in [6.45, 7) is 3.66. The lowest BCUT2D eigenvalue weighted by Gasteiger charge is -2.19. The zero-order chi connectivity index (χ0) is 14.6. The van der Waals surface area contributed by atoms with Crippen molar-refractivity contribution < 1.29 is 21.9 Å². The molecule has 19 heavy (non-hydrogen) atoms. The maximum absolute atomic E-state index is 12.9. The Morgan fingerprint density at radius 1 is 1.21 bits per heavy atom. The lowest BCUT2D eigenvalue weighted by molar-refractivity contribution is 0.223. The molecule has 7 heteroatoms. The molecule has 0 fully saturated rings. The van der Waals surface area contributed by atoms with E-state index < -0.39 is 20.7 Å². The molecule has 3 nitrogen and oxygen atoms in total. The van der Waals surface area contributed by atoms with Crippen LogP contribution in [0.5, 0.6) is 5.75 Å². The van der Waals surface area contributed by atoms with Crippen LogP contribution < -0.4 is 4.74 Å². The summed E-state index contributed by atoms with van der Waals surface area (Å²) in [6, 6.07) is 2.81. The SMILES string of the molecule is CC(C)C(COc1cc(F)cc(F)c1)CS(=O)(=O)Cl. The molecule has 1 aromatic carbocycles. The second-order valence-corrected chi connectivity index (χ2v) is 7.45. The topological polar surface area (TPSA) is 43.4 Å². The van der Waals surface area contributed by atoms with E-state index in [9.17, 15) is 17.2 Å². The van der Waals surface area contributed by atoms with Gasteiger partial charge in [-0.2, -0.15) is 0 Å². The van der Waals surface area contributed by atoms with Crippen LogP contribution in [0.1, 0.15) is 13.8 Å². The van der Waals surface area contributed by atoms with Crippen LogP contribution in [0.15, 0.2) is 18.2 Å². The highest BCUT2D eigenvalue weighted by Crippen LogP contribution is 2.20. The van der Waals surface area contributed by atoms with E-state index in [0.29, 0.717) is 0 Å². The smallest absolute Gasteiger partial charge is 0.233 e. The maximum atomic E-state index is 12.9. The molecule has 1 rings (SSSR count). The molecule has 0 radical (unpaired) electrons. The van der Waals surface area contributed by atoms with E-state index in [1.54, 1.807) is 0 Å². The minimum Gasteiger partial charge on any atom is -0.493 e. The summed E-state index contributed by atoms with van der Waals surface area (Å²) in [4.78, 5) is 0. The van der Waals surface area contributed by atoms with Crippen molar-refractivity contribution in [3.63, 3.8) is 0 Å². The molecule has 1 unspecified atom stereocenters. The Balaban J connectivity index is 2.71. The molecule has 0 saturated heterocycles. The molecule has 1 atom stereocenters. The molecule has 0 bridgehead atoms. The average Bonchev–Trinajstić information content (AvgIpc) is 2.20. The molecular weight excluding hydrogens is 298 g/mol. The summed E-state index contributed by atoms with van der Waals surface area (Å²) in [6.07, 6.45) is 0. The summed E-state index contributed by atoms with van der Waals surface area (Å²) < 4.78 is 53.2. The third kappa shape index (κ3) is 6.20. The monoisotopic (exact) mass is 312 g/mol. The largest absolute Gasteiger partial charge is 0.493 e. The summed E-state index contributed by atoms with van der Waals surface area (Å²) in [5.74, 6) is -2.07. The molecule has 0 aliphatic rings. The lowest BCUT2D eigenvalue weighted by Crippen LogP contribution is -2.24. The van der Waals surface area contributed by atoms with Gasteiger partial charge in [-0.15, -0.1) is 0 Å². The molecule has 1 aromatic rings. The van der Waals surface area contributed by atoms with Gasteiger partial charge in [0.25, 0.3) is 0 Å². The standard InChI is InChI=1S/C12H15ClF2O3S/c1-8(2)9(7-19(13,16)17)6-18-12-4-10(14)3-11(15)5-12/h3-5,8-9H,6-7H2,1-2H3. The van der Waals surface area contributed by atoms with E-state index in [1.165, 1.54) is 0 Å². The fraction of sp³-hybridized carbons (Fsp3) is 0.500. The summed E-state index contributed by atoms with van der Waals surface area (Å²) in [5, 5.41) is 0. The van der Waals surface area contributed by atoms with Gasteiger partial charge in [0.15, 0.2) is 0 Å². The van der Waals surface area contributed by atoms with E-state index in [-0.39, 0.29) is 29.9 Å². The fourth-order valence-corrected chi connectivity index (χ4v) is 2.98. The third-order valence-corrected chi connectivity index (χ3v) is 3.86. The van der Waals surface area contributed by atoms with E-state index in [4.69, 9.17) is 15.4 Å². The van der Waals surface area contributed by atoms with Crippen molar-refractivity contribution in [2.24, 2.45) is 11.8 Å². The van der Waals surface area contributed by atoms with E-state index in [0.717, 1.165) is 18.2 Å². The molecule has 0 aliphatic carbocycles. The zero-order valence-electron chi connectivity index (χ0n) is 10.6. The van der Waals surface area contributed by atoms with Gasteiger partial charge < -0.3 is 4.74 Å². The first-order valence-corrected chi connectivity index (χ1v) is 8.16. The molecule has 0 aliphatic heterocycles. The Morgan fingerprint density at radius 3 is 2.16 bits per heavy atom. The molecule has 0 aromatic heterocycles. The quantitative estimate of drug-likeness (QED) is 0.758. The van der Waals surface area contributed by atoms with Crippen LogP contribution in [-0.2, 0) is 9.05 Å². The van der Waals surface area contributed by atoms with Crippen molar-refractivity contribution in [1.82, 2.24) is 0 Å². The number of hydrogen-bond acceptors (Lipinski definition) is 3. The molecule has 0 N–H and O–H groups in total. The molecule has 0 saturated carbocycles. The van der Waals surface area contributed by atoms with Crippen molar-refractivity contribution in [3.8, 4) is 5.75 Å². The van der Waals surface area contributed by atoms with E-state index in [1.807, 2.05) is 13.8 Å². The molecule has 108 valence electrons. The van der Waals surface area contributed by atoms with Crippen LogP contribution in [0.4, 0.5) is 8.78 Å². The zero-order valence-corrected chi connectivity index (χ0v) is 12.1. The minimum atomic E-state index is -3.65. The fourth-order valence-electron chi connectivity index (χ4n) is 1.50. The molecular formula is C12H15ClF2O3S. The second kappa shape index (κ2) is 6.52. The number of hydrogen-bond donors (Lipinski definition) is 0. The van der Waals surface area contributed by atoms with Crippen LogP contribution in [0.3, 0.4) is 0 Å². The van der Waals surface area contributed by atoms with Crippen LogP contribution >= 0.6 is 10.7 Å². The van der Waals surface area contributed by atoms with E-state index in [2.05, 4.69) is 0 Å². The predicted octanol–water partition coefficient (Wildman–Crippen LogP) is 3.18. The first kappa shape index (κ1) is 16.2. The first-order valence-electron chi connectivity index (χ1n) is 5.68. The van der Waals surface area contributed by atoms with Crippen molar-refractivity contribution in [2.75, 3.05) is 12.4 Å². The first-order chi connectivity index (χ1) is 8.67. The lowest BCUT2D eigenvalue weighted by atomic mass is 9.99. The third-order valence-electron chi connectivity index (χ3n) is 2.66. The van der Waals surface area contributed by atoms with Gasteiger partial charge in [-0.1, -0.05) is 13.8 Å². The van der Waals surface area contributed by atoms with Crippen LogP contribution in [0.2, 0.25) is 0 Å². The predicted molar refractivity (Wildman–Crippen MR) is 69.8 cm³/mol. The van der Waals surface area contributed by atoms with Gasteiger partial charge in [0, 0.05) is 34.8 Å². The van der Waals surface area contributed by atoms with E-state index >= 15 is 0 Å². The van der Waals surface area contributed by atoms with Gasteiger partial charge in [-0.05, 0) is 5.92 Å². The number of ether oxygens (including phenoxy) is 1. The minimum absolute atomic E-state index is 0.00642. The highest BCUT2D eigenvalue weighted by molar-refractivity contribution is 8.13. The number of halogens is 3. The normalized spacial score (nSPS) is 13.6. The Labute approximate surface area is 115 Å². The van der Waals surface area contributed by atoms with Gasteiger partial charge in [-0.3, -0.25) is 0 Å². The second-order valence-electron chi connectivity index (χ2n) is 4.63. The highest BCUT2D eigenvalue weighted by atomic mass is 35.7. The summed E-state index contributed by atoms with van der Waals surface area (Å²) in [5.41, 5.74) is 0. The molecule has 0 spiro atoms. The van der Waals surface area contributed by atoms with Gasteiger partial charge in [0.1, 0.15) is 17.4 Å². The Hall–Kier alpha value is -0.880. The Bertz CT molecular complexity index is 512. The average molecular weight is 313 g/mol. The Kier molecular flexibility index (Phi) is 5.55. The van der Waals surface area contributed by atoms with Crippen molar-refractivity contribution >= 4 is 19.7 Å². The number of rotatable bonds is 6. The summed E-state index contributed by atoms with van der Waals surface area (Å²) in [7, 11) is 1.56.